The Kier molecular flexibility index (Phi) is 5.16. The van der Waals surface area contributed by atoms with Crippen molar-refractivity contribution in [3.63, 3.8) is 0 Å². The molecule has 0 aliphatic rings. The van der Waals surface area contributed by atoms with Gasteiger partial charge in [0.05, 0.1) is 22.2 Å². The van der Waals surface area contributed by atoms with E-state index in [1.807, 2.05) is 40.7 Å². The number of hydrogen-bond donors (Lipinski definition) is 1. The number of thiophene rings is 1. The minimum Gasteiger partial charge on any atom is -0.459 e. The number of ether oxygens (including phenoxy) is 1. The molecule has 3 aromatic rings. The topological polar surface area (TPSA) is 64.1 Å². The van der Waals surface area contributed by atoms with E-state index in [1.165, 1.54) is 17.7 Å². The summed E-state index contributed by atoms with van der Waals surface area (Å²) in [4.78, 5) is 22.3. The summed E-state index contributed by atoms with van der Waals surface area (Å²) in [5, 5.41) is 4.75. The molecule has 26 heavy (non-hydrogen) atoms. The van der Waals surface area contributed by atoms with Crippen LogP contribution in [-0.2, 0) is 4.74 Å². The number of anilines is 2. The van der Waals surface area contributed by atoms with Crippen molar-refractivity contribution >= 4 is 50.6 Å². The molecule has 1 aromatic carbocycles. The van der Waals surface area contributed by atoms with Crippen LogP contribution in [0.4, 0.5) is 11.5 Å². The molecule has 0 bridgehead atoms. The Bertz CT molecular complexity index is 975. The number of carbonyl (C=O) groups is 1. The summed E-state index contributed by atoms with van der Waals surface area (Å²) < 4.78 is 5.34. The molecule has 3 rings (SSSR count). The number of nitrogens with one attached hydrogen (secondary N) is 1. The number of nitrogens with zero attached hydrogens (tertiary/aromatic N) is 2. The molecule has 0 amide bonds. The highest BCUT2D eigenvalue weighted by Crippen LogP contribution is 2.37. The van der Waals surface area contributed by atoms with E-state index in [4.69, 9.17) is 16.3 Å². The van der Waals surface area contributed by atoms with Crippen LogP contribution in [-0.4, -0.2) is 22.0 Å². The summed E-state index contributed by atoms with van der Waals surface area (Å²) in [5.41, 5.74) is 3.72. The summed E-state index contributed by atoms with van der Waals surface area (Å²) in [6.07, 6.45) is 1.31. The summed E-state index contributed by atoms with van der Waals surface area (Å²) >= 11 is 7.72. The summed E-state index contributed by atoms with van der Waals surface area (Å²) in [6.45, 7) is 9.53. The Morgan fingerprint density at radius 2 is 1.96 bits per heavy atom. The molecule has 0 aliphatic carbocycles. The smallest absolute Gasteiger partial charge is 0.348 e. The average Bonchev–Trinajstić information content (AvgIpc) is 2.88. The maximum absolute atomic E-state index is 12.4. The first-order chi connectivity index (χ1) is 12.3. The van der Waals surface area contributed by atoms with Gasteiger partial charge in [-0.1, -0.05) is 17.7 Å². The van der Waals surface area contributed by atoms with E-state index >= 15 is 0 Å². The van der Waals surface area contributed by atoms with Crippen molar-refractivity contribution in [2.24, 2.45) is 0 Å². The van der Waals surface area contributed by atoms with Crippen molar-refractivity contribution in [3.05, 3.63) is 45.1 Å². The van der Waals surface area contributed by atoms with Crippen molar-refractivity contribution in [2.75, 3.05) is 5.32 Å². The predicted molar refractivity (Wildman–Crippen MR) is 107 cm³/mol. The normalized spacial score (nSPS) is 11.2. The first-order valence-corrected chi connectivity index (χ1v) is 9.46. The van der Waals surface area contributed by atoms with Gasteiger partial charge in [0, 0.05) is 0 Å². The minimum absolute atomic E-state index is 0.176. The van der Waals surface area contributed by atoms with Gasteiger partial charge in [-0.3, -0.25) is 0 Å². The standard InChI is InChI=1S/C19H20ClN3O2S/c1-9(2)25-19(24)16-12(5)14-17(21-8-22-18(14)26-16)23-15-11(4)6-10(3)7-13(15)20/h6-9H,1-5H3,(H,21,22,23). The van der Waals surface area contributed by atoms with Crippen molar-refractivity contribution in [2.45, 2.75) is 40.7 Å². The first kappa shape index (κ1) is 18.6. The number of esters is 1. The molecule has 0 fully saturated rings. The van der Waals surface area contributed by atoms with Gasteiger partial charge in [-0.25, -0.2) is 14.8 Å². The fourth-order valence-electron chi connectivity index (χ4n) is 2.82. The second-order valence-corrected chi connectivity index (χ2v) is 7.88. The number of benzene rings is 1. The lowest BCUT2D eigenvalue weighted by Gasteiger charge is -2.13. The first-order valence-electron chi connectivity index (χ1n) is 8.26. The number of hydrogen-bond acceptors (Lipinski definition) is 6. The van der Waals surface area contributed by atoms with Gasteiger partial charge in [0.2, 0.25) is 0 Å². The third-order valence-electron chi connectivity index (χ3n) is 3.93. The molecule has 0 atom stereocenters. The Hall–Kier alpha value is -2.18. The minimum atomic E-state index is -0.337. The van der Waals surface area contributed by atoms with Crippen LogP contribution in [0, 0.1) is 20.8 Å². The van der Waals surface area contributed by atoms with Crippen LogP contribution in [0.5, 0.6) is 0 Å². The highest BCUT2D eigenvalue weighted by atomic mass is 35.5. The second kappa shape index (κ2) is 7.21. The van der Waals surface area contributed by atoms with E-state index in [-0.39, 0.29) is 12.1 Å². The second-order valence-electron chi connectivity index (χ2n) is 6.48. The van der Waals surface area contributed by atoms with Gasteiger partial charge in [-0.15, -0.1) is 11.3 Å². The van der Waals surface area contributed by atoms with E-state index in [9.17, 15) is 4.79 Å². The average molecular weight is 390 g/mol. The molecule has 1 N–H and O–H groups in total. The summed E-state index contributed by atoms with van der Waals surface area (Å²) in [5.74, 6) is 0.289. The van der Waals surface area contributed by atoms with E-state index in [0.717, 1.165) is 32.6 Å². The quantitative estimate of drug-likeness (QED) is 0.590. The molecular formula is C19H20ClN3O2S. The van der Waals surface area contributed by atoms with Gasteiger partial charge in [0.25, 0.3) is 0 Å². The molecule has 7 heteroatoms. The van der Waals surface area contributed by atoms with E-state index in [1.54, 1.807) is 0 Å². The Morgan fingerprint density at radius 1 is 1.23 bits per heavy atom. The van der Waals surface area contributed by atoms with Gasteiger partial charge in [-0.2, -0.15) is 0 Å². The third kappa shape index (κ3) is 3.52. The zero-order valence-electron chi connectivity index (χ0n) is 15.3. The van der Waals surface area contributed by atoms with Crippen molar-refractivity contribution < 1.29 is 9.53 Å². The Labute approximate surface area is 161 Å². The molecule has 0 saturated carbocycles. The molecule has 2 heterocycles. The van der Waals surface area contributed by atoms with Crippen LogP contribution in [0.15, 0.2) is 18.5 Å². The monoisotopic (exact) mass is 389 g/mol. The molecule has 0 aliphatic heterocycles. The molecule has 0 radical (unpaired) electrons. The van der Waals surface area contributed by atoms with Crippen molar-refractivity contribution in [1.82, 2.24) is 9.97 Å². The fraction of sp³-hybridized carbons (Fsp3) is 0.316. The van der Waals surface area contributed by atoms with Gasteiger partial charge in [0.1, 0.15) is 21.9 Å². The van der Waals surface area contributed by atoms with Crippen LogP contribution in [0.3, 0.4) is 0 Å². The van der Waals surface area contributed by atoms with Crippen LogP contribution in [0.1, 0.15) is 40.2 Å². The molecule has 0 unspecified atom stereocenters. The van der Waals surface area contributed by atoms with Crippen molar-refractivity contribution in [3.8, 4) is 0 Å². The van der Waals surface area contributed by atoms with Crippen LogP contribution < -0.4 is 5.32 Å². The predicted octanol–water partition coefficient (Wildman–Crippen LogP) is 5.58. The number of carbonyl (C=O) groups excluding carboxylic acids is 1. The number of aryl methyl sites for hydroxylation is 3. The lowest BCUT2D eigenvalue weighted by molar-refractivity contribution is 0.0383. The largest absolute Gasteiger partial charge is 0.459 e. The molecule has 0 spiro atoms. The molecule has 0 saturated heterocycles. The number of halogens is 1. The van der Waals surface area contributed by atoms with E-state index in [0.29, 0.717) is 15.7 Å². The zero-order chi connectivity index (χ0) is 19.0. The highest BCUT2D eigenvalue weighted by molar-refractivity contribution is 7.20. The lowest BCUT2D eigenvalue weighted by atomic mass is 10.1. The highest BCUT2D eigenvalue weighted by Gasteiger charge is 2.21. The number of fused-ring (bicyclic) bond motifs is 1. The Balaban J connectivity index is 2.08. The third-order valence-corrected chi connectivity index (χ3v) is 5.41. The summed E-state index contributed by atoms with van der Waals surface area (Å²) in [6, 6.07) is 3.96. The Morgan fingerprint density at radius 3 is 2.62 bits per heavy atom. The maximum Gasteiger partial charge on any atom is 0.348 e. The van der Waals surface area contributed by atoms with Crippen molar-refractivity contribution in [1.29, 1.82) is 0 Å². The van der Waals surface area contributed by atoms with Gasteiger partial charge >= 0.3 is 5.97 Å². The maximum atomic E-state index is 12.4. The fourth-order valence-corrected chi connectivity index (χ4v) is 4.22. The molecule has 2 aromatic heterocycles. The van der Waals surface area contributed by atoms with E-state index < -0.39 is 0 Å². The molecule has 136 valence electrons. The van der Waals surface area contributed by atoms with Crippen LogP contribution in [0.2, 0.25) is 5.02 Å². The zero-order valence-corrected chi connectivity index (χ0v) is 16.9. The van der Waals surface area contributed by atoms with E-state index in [2.05, 4.69) is 21.4 Å². The summed E-state index contributed by atoms with van der Waals surface area (Å²) in [7, 11) is 0. The number of rotatable bonds is 4. The van der Waals surface area contributed by atoms with Gasteiger partial charge < -0.3 is 10.1 Å². The van der Waals surface area contributed by atoms with Gasteiger partial charge in [0.15, 0.2) is 0 Å². The SMILES string of the molecule is Cc1cc(C)c(Nc2ncnc3sc(C(=O)OC(C)C)c(C)c23)c(Cl)c1. The van der Waals surface area contributed by atoms with Crippen LogP contribution >= 0.6 is 22.9 Å². The van der Waals surface area contributed by atoms with Crippen LogP contribution in [0.25, 0.3) is 10.2 Å². The molecule has 5 nitrogen and oxygen atoms in total. The molecular weight excluding hydrogens is 370 g/mol. The van der Waals surface area contributed by atoms with Gasteiger partial charge in [-0.05, 0) is 57.4 Å². The lowest BCUT2D eigenvalue weighted by Crippen LogP contribution is -2.11. The number of aromatic nitrogens is 2.